The van der Waals surface area contributed by atoms with Crippen LogP contribution in [0, 0.1) is 0 Å². The number of hydrogen-bond acceptors (Lipinski definition) is 7. The maximum atomic E-state index is 12.5. The van der Waals surface area contributed by atoms with Gasteiger partial charge in [0.05, 0.1) is 26.0 Å². The van der Waals surface area contributed by atoms with Crippen LogP contribution in [0.3, 0.4) is 0 Å². The van der Waals surface area contributed by atoms with Crippen molar-refractivity contribution in [2.24, 2.45) is 0 Å². The van der Waals surface area contributed by atoms with Gasteiger partial charge in [0.1, 0.15) is 17.2 Å². The number of carbonyl (C=O) groups is 2. The molecule has 0 saturated carbocycles. The van der Waals surface area contributed by atoms with Crippen LogP contribution in [-0.2, 0) is 19.1 Å². The molecule has 1 aliphatic heterocycles. The van der Waals surface area contributed by atoms with Crippen LogP contribution in [-0.4, -0.2) is 31.1 Å². The van der Waals surface area contributed by atoms with E-state index >= 15 is 0 Å². The van der Waals surface area contributed by atoms with Gasteiger partial charge in [-0.3, -0.25) is 4.98 Å². The van der Waals surface area contributed by atoms with Gasteiger partial charge in [-0.1, -0.05) is 12.1 Å². The summed E-state index contributed by atoms with van der Waals surface area (Å²) in [6, 6.07) is 10.6. The number of esters is 2. The van der Waals surface area contributed by atoms with Gasteiger partial charge in [0, 0.05) is 24.2 Å². The van der Waals surface area contributed by atoms with E-state index in [2.05, 4.69) is 4.98 Å². The number of anilines is 1. The van der Waals surface area contributed by atoms with Crippen LogP contribution in [0.15, 0.2) is 84.5 Å². The number of rotatable bonds is 5. The summed E-state index contributed by atoms with van der Waals surface area (Å²) in [7, 11) is 2.51. The summed E-state index contributed by atoms with van der Waals surface area (Å²) in [6.45, 7) is 0. The summed E-state index contributed by atoms with van der Waals surface area (Å²) in [4.78, 5) is 30.2. The van der Waals surface area contributed by atoms with Crippen LogP contribution in [0.5, 0.6) is 11.5 Å². The summed E-state index contributed by atoms with van der Waals surface area (Å²) in [5.74, 6) is -0.199. The summed E-state index contributed by atoms with van der Waals surface area (Å²) in [5.41, 5.74) is 0.721. The Kier molecular flexibility index (Phi) is 5.86. The van der Waals surface area contributed by atoms with Crippen LogP contribution < -0.4 is 9.64 Å². The maximum absolute atomic E-state index is 12.5. The first-order valence-corrected chi connectivity index (χ1v) is 8.37. The summed E-state index contributed by atoms with van der Waals surface area (Å²) < 4.78 is 15.5. The predicted octanol–water partition coefficient (Wildman–Crippen LogP) is 3.36. The van der Waals surface area contributed by atoms with Crippen molar-refractivity contribution in [3.05, 3.63) is 84.5 Å². The molecule has 28 heavy (non-hydrogen) atoms. The van der Waals surface area contributed by atoms with Crippen molar-refractivity contribution < 1.29 is 23.8 Å². The molecule has 1 aromatic heterocycles. The Labute approximate surface area is 162 Å². The normalized spacial score (nSPS) is 13.1. The molecule has 0 unspecified atom stereocenters. The smallest absolute Gasteiger partial charge is 0.355 e. The van der Waals surface area contributed by atoms with E-state index in [0.717, 1.165) is 0 Å². The molecule has 0 radical (unpaired) electrons. The quantitative estimate of drug-likeness (QED) is 0.738. The SMILES string of the molecule is COC(=O)C1=C(C(=O)OC)N(c2cccc(Oc3cccnc3)c2)C=CC=C1. The zero-order valence-corrected chi connectivity index (χ0v) is 15.4. The van der Waals surface area contributed by atoms with Crippen LogP contribution in [0.4, 0.5) is 5.69 Å². The number of carbonyl (C=O) groups excluding carboxylic acids is 2. The van der Waals surface area contributed by atoms with Gasteiger partial charge < -0.3 is 19.1 Å². The fraction of sp³-hybridized carbons (Fsp3) is 0.0952. The topological polar surface area (TPSA) is 78.0 Å². The number of aromatic nitrogens is 1. The van der Waals surface area contributed by atoms with E-state index in [1.54, 1.807) is 72.0 Å². The highest BCUT2D eigenvalue weighted by atomic mass is 16.5. The molecule has 0 aliphatic carbocycles. The minimum absolute atomic E-state index is 0.0397. The van der Waals surface area contributed by atoms with E-state index in [-0.39, 0.29) is 11.3 Å². The van der Waals surface area contributed by atoms with Gasteiger partial charge in [0.25, 0.3) is 0 Å². The third kappa shape index (κ3) is 4.09. The first-order chi connectivity index (χ1) is 13.6. The molecule has 0 bridgehead atoms. The summed E-state index contributed by atoms with van der Waals surface area (Å²) >= 11 is 0. The average molecular weight is 378 g/mol. The van der Waals surface area contributed by atoms with Crippen molar-refractivity contribution in [3.63, 3.8) is 0 Å². The van der Waals surface area contributed by atoms with E-state index in [1.807, 2.05) is 0 Å². The molecule has 1 aromatic carbocycles. The number of pyridine rings is 1. The molecule has 0 spiro atoms. The highest BCUT2D eigenvalue weighted by Gasteiger charge is 2.27. The molecular formula is C21H18N2O5. The lowest BCUT2D eigenvalue weighted by atomic mass is 10.1. The number of methoxy groups -OCH3 is 2. The lowest BCUT2D eigenvalue weighted by Gasteiger charge is -2.23. The van der Waals surface area contributed by atoms with Gasteiger partial charge in [0.15, 0.2) is 0 Å². The molecule has 0 N–H and O–H groups in total. The maximum Gasteiger partial charge on any atom is 0.355 e. The zero-order valence-electron chi connectivity index (χ0n) is 15.4. The van der Waals surface area contributed by atoms with E-state index in [4.69, 9.17) is 14.2 Å². The second-order valence-electron chi connectivity index (χ2n) is 5.60. The molecule has 0 atom stereocenters. The van der Waals surface area contributed by atoms with E-state index in [0.29, 0.717) is 17.2 Å². The fourth-order valence-electron chi connectivity index (χ4n) is 2.61. The third-order valence-corrected chi connectivity index (χ3v) is 3.86. The van der Waals surface area contributed by atoms with Crippen LogP contribution in [0.1, 0.15) is 0 Å². The van der Waals surface area contributed by atoms with Crippen LogP contribution >= 0.6 is 0 Å². The lowest BCUT2D eigenvalue weighted by molar-refractivity contribution is -0.139. The Hall–Kier alpha value is -3.87. The molecule has 7 nitrogen and oxygen atoms in total. The van der Waals surface area contributed by atoms with Crippen molar-refractivity contribution in [1.29, 1.82) is 0 Å². The minimum atomic E-state index is -0.671. The standard InChI is InChI=1S/C21H18N2O5/c1-26-20(24)18-10-3-4-12-23(19(18)21(25)27-2)15-7-5-8-16(13-15)28-17-9-6-11-22-14-17/h3-14H,1-2H3. The van der Waals surface area contributed by atoms with Crippen molar-refractivity contribution >= 4 is 17.6 Å². The molecule has 0 saturated heterocycles. The Morgan fingerprint density at radius 1 is 0.964 bits per heavy atom. The lowest BCUT2D eigenvalue weighted by Crippen LogP contribution is -2.26. The highest BCUT2D eigenvalue weighted by molar-refractivity contribution is 6.05. The van der Waals surface area contributed by atoms with Gasteiger partial charge in [-0.05, 0) is 36.4 Å². The third-order valence-electron chi connectivity index (χ3n) is 3.86. The monoisotopic (exact) mass is 378 g/mol. The Balaban J connectivity index is 2.04. The van der Waals surface area contributed by atoms with Gasteiger partial charge in [-0.2, -0.15) is 0 Å². The van der Waals surface area contributed by atoms with Crippen molar-refractivity contribution in [2.75, 3.05) is 19.1 Å². The number of ether oxygens (including phenoxy) is 3. The van der Waals surface area contributed by atoms with Gasteiger partial charge in [-0.25, -0.2) is 9.59 Å². The molecule has 1 aliphatic rings. The summed E-state index contributed by atoms with van der Waals surface area (Å²) in [6.07, 6.45) is 9.75. The number of allylic oxidation sites excluding steroid dienone is 2. The van der Waals surface area contributed by atoms with Gasteiger partial charge in [-0.15, -0.1) is 0 Å². The second-order valence-corrected chi connectivity index (χ2v) is 5.60. The minimum Gasteiger partial charge on any atom is -0.465 e. The molecular weight excluding hydrogens is 360 g/mol. The first-order valence-electron chi connectivity index (χ1n) is 8.37. The van der Waals surface area contributed by atoms with E-state index in [1.165, 1.54) is 20.3 Å². The molecule has 142 valence electrons. The molecule has 0 amide bonds. The van der Waals surface area contributed by atoms with E-state index in [9.17, 15) is 9.59 Å². The predicted molar refractivity (Wildman–Crippen MR) is 103 cm³/mol. The second kappa shape index (κ2) is 8.68. The molecule has 7 heteroatoms. The zero-order chi connectivity index (χ0) is 19.9. The molecule has 2 heterocycles. The van der Waals surface area contributed by atoms with E-state index < -0.39 is 11.9 Å². The largest absolute Gasteiger partial charge is 0.465 e. The number of nitrogens with zero attached hydrogens (tertiary/aromatic N) is 2. The number of hydrogen-bond donors (Lipinski definition) is 0. The van der Waals surface area contributed by atoms with Crippen LogP contribution in [0.25, 0.3) is 0 Å². The van der Waals surface area contributed by atoms with Crippen molar-refractivity contribution in [3.8, 4) is 11.5 Å². The molecule has 0 fully saturated rings. The molecule has 3 rings (SSSR count). The van der Waals surface area contributed by atoms with Crippen LogP contribution in [0.2, 0.25) is 0 Å². The Morgan fingerprint density at radius 2 is 1.75 bits per heavy atom. The highest BCUT2D eigenvalue weighted by Crippen LogP contribution is 2.30. The van der Waals surface area contributed by atoms with Gasteiger partial charge in [0.2, 0.25) is 0 Å². The first kappa shape index (κ1) is 18.9. The fourth-order valence-corrected chi connectivity index (χ4v) is 2.61. The number of benzene rings is 1. The Bertz CT molecular complexity index is 964. The van der Waals surface area contributed by atoms with Gasteiger partial charge >= 0.3 is 11.9 Å². The average Bonchev–Trinajstić information content (AvgIpc) is 2.96. The van der Waals surface area contributed by atoms with Crippen molar-refractivity contribution in [1.82, 2.24) is 4.98 Å². The Morgan fingerprint density at radius 3 is 2.46 bits per heavy atom. The van der Waals surface area contributed by atoms with Crippen molar-refractivity contribution in [2.45, 2.75) is 0 Å². The molecule has 2 aromatic rings. The summed E-state index contributed by atoms with van der Waals surface area (Å²) in [5, 5.41) is 0.